The second kappa shape index (κ2) is 10.9. The van der Waals surface area contributed by atoms with Crippen molar-refractivity contribution in [3.05, 3.63) is 39.3 Å². The minimum Gasteiger partial charge on any atom is -0.468 e. The Morgan fingerprint density at radius 1 is 1.21 bits per heavy atom. The summed E-state index contributed by atoms with van der Waals surface area (Å²) < 4.78 is 22.0. The number of esters is 2. The predicted octanol–water partition coefficient (Wildman–Crippen LogP) is 5.16. The second-order valence-electron chi connectivity index (χ2n) is 12.3. The summed E-state index contributed by atoms with van der Waals surface area (Å²) in [6.07, 6.45) is 4.39. The maximum absolute atomic E-state index is 13.6. The van der Waals surface area contributed by atoms with Crippen molar-refractivity contribution in [2.75, 3.05) is 14.2 Å². The Kier molecular flexibility index (Phi) is 8.56. The fourth-order valence-corrected chi connectivity index (χ4v) is 7.19. The highest BCUT2D eigenvalue weighted by Gasteiger charge is 2.59. The number of aliphatic hydroxyl groups is 1. The number of fused-ring (bicyclic) bond motifs is 1. The molecule has 1 aromatic rings. The van der Waals surface area contributed by atoms with Crippen molar-refractivity contribution in [1.82, 2.24) is 0 Å². The molecule has 5 atom stereocenters. The van der Waals surface area contributed by atoms with E-state index in [1.165, 1.54) is 21.1 Å². The number of carbonyl (C=O) groups excluding carboxylic acids is 2. The van der Waals surface area contributed by atoms with Gasteiger partial charge in [0.2, 0.25) is 5.43 Å². The summed E-state index contributed by atoms with van der Waals surface area (Å²) in [4.78, 5) is 38.0. The first kappa shape index (κ1) is 29.9. The van der Waals surface area contributed by atoms with Crippen LogP contribution < -0.4 is 10.2 Å². The van der Waals surface area contributed by atoms with Crippen LogP contribution in [-0.2, 0) is 20.7 Å². The smallest absolute Gasteiger partial charge is 0.345 e. The number of methoxy groups -OCH3 is 2. The van der Waals surface area contributed by atoms with Crippen LogP contribution in [0.15, 0.2) is 21.4 Å². The van der Waals surface area contributed by atoms with Crippen molar-refractivity contribution >= 4 is 11.9 Å². The molecule has 8 heteroatoms. The van der Waals surface area contributed by atoms with Crippen molar-refractivity contribution in [1.29, 1.82) is 0 Å². The number of aryl methyl sites for hydroxylation is 1. The first-order chi connectivity index (χ1) is 17.6. The zero-order valence-corrected chi connectivity index (χ0v) is 24.2. The molecule has 8 nitrogen and oxygen atoms in total. The van der Waals surface area contributed by atoms with Gasteiger partial charge in [0.25, 0.3) is 5.95 Å². The van der Waals surface area contributed by atoms with E-state index >= 15 is 0 Å². The zero-order chi connectivity index (χ0) is 28.6. The molecule has 0 amide bonds. The van der Waals surface area contributed by atoms with Gasteiger partial charge < -0.3 is 23.7 Å². The van der Waals surface area contributed by atoms with Crippen LogP contribution in [0.1, 0.15) is 94.8 Å². The Labute approximate surface area is 225 Å². The lowest BCUT2D eigenvalue weighted by atomic mass is 9.45. The molecule has 38 heavy (non-hydrogen) atoms. The first-order valence-corrected chi connectivity index (χ1v) is 13.4. The van der Waals surface area contributed by atoms with E-state index in [9.17, 15) is 19.5 Å². The SMILES string of the molecule is C=C1CCC2C(C)(CCC(C)(C)O)C(OC(C)=O)CCC2(C)C1Cc1c(OC)oc(C)c(C(=O)OC)c1=O. The summed E-state index contributed by atoms with van der Waals surface area (Å²) in [5, 5.41) is 10.6. The first-order valence-electron chi connectivity index (χ1n) is 13.4. The average Bonchev–Trinajstić information content (AvgIpc) is 2.82. The van der Waals surface area contributed by atoms with Crippen LogP contribution in [-0.4, -0.2) is 43.0 Å². The van der Waals surface area contributed by atoms with Gasteiger partial charge in [-0.25, -0.2) is 4.79 Å². The Morgan fingerprint density at radius 2 is 1.87 bits per heavy atom. The lowest BCUT2D eigenvalue weighted by molar-refractivity contribution is -0.180. The average molecular weight is 533 g/mol. The summed E-state index contributed by atoms with van der Waals surface area (Å²) in [7, 11) is 2.67. The van der Waals surface area contributed by atoms with Crippen LogP contribution in [0.5, 0.6) is 5.95 Å². The van der Waals surface area contributed by atoms with Crippen LogP contribution >= 0.6 is 0 Å². The molecule has 0 bridgehead atoms. The lowest BCUT2D eigenvalue weighted by Gasteiger charge is -2.61. The van der Waals surface area contributed by atoms with Crippen LogP contribution in [0.4, 0.5) is 0 Å². The van der Waals surface area contributed by atoms with E-state index in [1.54, 1.807) is 20.8 Å². The Hall–Kier alpha value is -2.61. The van der Waals surface area contributed by atoms with Crippen molar-refractivity contribution in [3.8, 4) is 5.95 Å². The zero-order valence-electron chi connectivity index (χ0n) is 24.2. The van der Waals surface area contributed by atoms with Gasteiger partial charge >= 0.3 is 11.9 Å². The molecule has 1 aromatic heterocycles. The topological polar surface area (TPSA) is 112 Å². The summed E-state index contributed by atoms with van der Waals surface area (Å²) in [5.74, 6) is -0.748. The van der Waals surface area contributed by atoms with Gasteiger partial charge in [-0.15, -0.1) is 0 Å². The van der Waals surface area contributed by atoms with Gasteiger partial charge in [0.05, 0.1) is 25.4 Å². The maximum atomic E-state index is 13.6. The predicted molar refractivity (Wildman–Crippen MR) is 143 cm³/mol. The van der Waals surface area contributed by atoms with Gasteiger partial charge in [-0.3, -0.25) is 9.59 Å². The van der Waals surface area contributed by atoms with E-state index in [-0.39, 0.29) is 52.0 Å². The standard InChI is InChI=1S/C30H44O8/c1-17-10-11-22-29(6,13-12-23(38-19(3)31)30(22,7)15-14-28(4,5)34)21(17)16-20-25(32)24(26(33)35-8)18(2)37-27(20)36-9/h21-23,34H,1,10-16H2,2-9H3. The van der Waals surface area contributed by atoms with Crippen molar-refractivity contribution in [3.63, 3.8) is 0 Å². The van der Waals surface area contributed by atoms with Crippen molar-refractivity contribution in [2.45, 2.75) is 98.2 Å². The monoisotopic (exact) mass is 532 g/mol. The van der Waals surface area contributed by atoms with Crippen LogP contribution in [0.2, 0.25) is 0 Å². The Balaban J connectivity index is 2.09. The molecule has 5 unspecified atom stereocenters. The van der Waals surface area contributed by atoms with Gasteiger partial charge in [0, 0.05) is 12.3 Å². The third-order valence-corrected chi connectivity index (χ3v) is 9.23. The highest BCUT2D eigenvalue weighted by atomic mass is 16.6. The highest BCUT2D eigenvalue weighted by molar-refractivity contribution is 5.90. The molecular formula is C30H44O8. The number of ether oxygens (including phenoxy) is 3. The molecule has 0 spiro atoms. The van der Waals surface area contributed by atoms with Gasteiger partial charge in [-0.2, -0.15) is 0 Å². The van der Waals surface area contributed by atoms with E-state index in [1.807, 2.05) is 0 Å². The molecule has 0 aromatic carbocycles. The second-order valence-corrected chi connectivity index (χ2v) is 12.3. The van der Waals surface area contributed by atoms with Gasteiger partial charge in [-0.05, 0) is 83.0 Å². The quantitative estimate of drug-likeness (QED) is 0.361. The minimum absolute atomic E-state index is 0.0917. The number of allylic oxidation sites excluding steroid dienone is 1. The van der Waals surface area contributed by atoms with Crippen molar-refractivity contribution in [2.24, 2.45) is 22.7 Å². The number of hydrogen-bond acceptors (Lipinski definition) is 8. The third-order valence-electron chi connectivity index (χ3n) is 9.23. The number of rotatable bonds is 8. The highest BCUT2D eigenvalue weighted by Crippen LogP contribution is 2.63. The molecular weight excluding hydrogens is 488 g/mol. The summed E-state index contributed by atoms with van der Waals surface area (Å²) in [5.41, 5.74) is -0.735. The molecule has 212 valence electrons. The number of carbonyl (C=O) groups is 2. The molecule has 1 N–H and O–H groups in total. The fraction of sp³-hybridized carbons (Fsp3) is 0.700. The molecule has 2 aliphatic rings. The fourth-order valence-electron chi connectivity index (χ4n) is 7.19. The Bertz CT molecular complexity index is 1140. The van der Waals surface area contributed by atoms with E-state index in [2.05, 4.69) is 20.4 Å². The molecule has 0 radical (unpaired) electrons. The lowest BCUT2D eigenvalue weighted by Crippen LogP contribution is -2.57. The van der Waals surface area contributed by atoms with Gasteiger partial charge in [0.15, 0.2) is 0 Å². The molecule has 2 fully saturated rings. The van der Waals surface area contributed by atoms with E-state index in [0.29, 0.717) is 31.2 Å². The molecule has 1 heterocycles. The molecule has 0 aliphatic heterocycles. The van der Waals surface area contributed by atoms with Crippen molar-refractivity contribution < 1.29 is 33.3 Å². The van der Waals surface area contributed by atoms with E-state index in [4.69, 9.17) is 18.6 Å². The van der Waals surface area contributed by atoms with Gasteiger partial charge in [0.1, 0.15) is 17.4 Å². The van der Waals surface area contributed by atoms with E-state index < -0.39 is 17.0 Å². The van der Waals surface area contributed by atoms with Gasteiger partial charge in [-0.1, -0.05) is 26.0 Å². The maximum Gasteiger partial charge on any atom is 0.345 e. The minimum atomic E-state index is -0.853. The molecule has 2 saturated carbocycles. The molecule has 0 saturated heterocycles. The third kappa shape index (κ3) is 5.56. The van der Waals surface area contributed by atoms with Crippen LogP contribution in [0.3, 0.4) is 0 Å². The Morgan fingerprint density at radius 3 is 2.42 bits per heavy atom. The normalized spacial score (nSPS) is 29.4. The van der Waals surface area contributed by atoms with Crippen LogP contribution in [0.25, 0.3) is 0 Å². The number of hydrogen-bond donors (Lipinski definition) is 1. The largest absolute Gasteiger partial charge is 0.468 e. The summed E-state index contributed by atoms with van der Waals surface area (Å²) in [6.45, 7) is 15.4. The van der Waals surface area contributed by atoms with E-state index in [0.717, 1.165) is 24.8 Å². The summed E-state index contributed by atoms with van der Waals surface area (Å²) in [6, 6.07) is 0. The van der Waals surface area contributed by atoms with Crippen LogP contribution in [0, 0.1) is 29.6 Å². The molecule has 2 aliphatic carbocycles. The molecule has 3 rings (SSSR count). The summed E-state index contributed by atoms with van der Waals surface area (Å²) >= 11 is 0.